The number of aliphatic hydroxyl groups excluding tert-OH is 1. The number of hydrogen-bond donors (Lipinski definition) is 2. The zero-order valence-corrected chi connectivity index (χ0v) is 11.5. The molecule has 0 aliphatic heterocycles. The molecule has 0 radical (unpaired) electrons. The molecule has 0 spiro atoms. The molecule has 106 valence electrons. The van der Waals surface area contributed by atoms with E-state index < -0.39 is 5.82 Å². The highest BCUT2D eigenvalue weighted by molar-refractivity contribution is 5.96. The van der Waals surface area contributed by atoms with Crippen molar-refractivity contribution in [2.75, 3.05) is 13.2 Å². The van der Waals surface area contributed by atoms with E-state index in [0.717, 1.165) is 19.3 Å². The molecular weight excluding hydrogens is 257 g/mol. The first kappa shape index (κ1) is 14.5. The van der Waals surface area contributed by atoms with Gasteiger partial charge in [-0.05, 0) is 42.9 Å². The van der Waals surface area contributed by atoms with Crippen LogP contribution in [0.25, 0.3) is 0 Å². The summed E-state index contributed by atoms with van der Waals surface area (Å²) in [6.45, 7) is 2.44. The topological polar surface area (TPSA) is 49.3 Å². The monoisotopic (exact) mass is 275 g/mol. The van der Waals surface area contributed by atoms with Gasteiger partial charge in [-0.25, -0.2) is 4.39 Å². The molecule has 1 fully saturated rings. The minimum absolute atomic E-state index is 0.244. The quantitative estimate of drug-likeness (QED) is 0.827. The van der Waals surface area contributed by atoms with Gasteiger partial charge in [0.15, 0.2) is 0 Å². The number of carbonyl (C=O) groups is 1. The fraction of sp³-hybridized carbons (Fsp3) is 0.438. The Kier molecular flexibility index (Phi) is 4.41. The van der Waals surface area contributed by atoms with Crippen LogP contribution in [0.3, 0.4) is 0 Å². The third kappa shape index (κ3) is 3.37. The Hall–Kier alpha value is -1.86. The van der Waals surface area contributed by atoms with Crippen molar-refractivity contribution in [1.82, 2.24) is 5.32 Å². The molecule has 0 saturated heterocycles. The van der Waals surface area contributed by atoms with E-state index in [1.807, 2.05) is 0 Å². The van der Waals surface area contributed by atoms with E-state index >= 15 is 0 Å². The van der Waals surface area contributed by atoms with Crippen molar-refractivity contribution < 1.29 is 14.3 Å². The van der Waals surface area contributed by atoms with Gasteiger partial charge in [0.1, 0.15) is 12.4 Å². The van der Waals surface area contributed by atoms with Crippen molar-refractivity contribution in [2.45, 2.75) is 26.2 Å². The summed E-state index contributed by atoms with van der Waals surface area (Å²) in [6, 6.07) is 3.88. The smallest absolute Gasteiger partial charge is 0.252 e. The van der Waals surface area contributed by atoms with Crippen LogP contribution in [-0.4, -0.2) is 24.2 Å². The van der Waals surface area contributed by atoms with E-state index in [4.69, 9.17) is 5.11 Å². The van der Waals surface area contributed by atoms with Crippen molar-refractivity contribution in [1.29, 1.82) is 0 Å². The Morgan fingerprint density at radius 1 is 1.50 bits per heavy atom. The van der Waals surface area contributed by atoms with Gasteiger partial charge in [0, 0.05) is 12.1 Å². The van der Waals surface area contributed by atoms with Crippen LogP contribution in [0.4, 0.5) is 4.39 Å². The lowest BCUT2D eigenvalue weighted by atomic mass is 10.0. The average Bonchev–Trinajstić information content (AvgIpc) is 3.23. The number of benzene rings is 1. The molecule has 0 unspecified atom stereocenters. The lowest BCUT2D eigenvalue weighted by Crippen LogP contribution is -2.30. The molecule has 2 N–H and O–H groups in total. The van der Waals surface area contributed by atoms with Crippen molar-refractivity contribution in [3.8, 4) is 11.8 Å². The summed E-state index contributed by atoms with van der Waals surface area (Å²) in [5, 5.41) is 11.6. The molecule has 3 nitrogen and oxygen atoms in total. The van der Waals surface area contributed by atoms with Crippen molar-refractivity contribution in [3.63, 3.8) is 0 Å². The Morgan fingerprint density at radius 2 is 2.25 bits per heavy atom. The first-order valence-electron chi connectivity index (χ1n) is 6.78. The number of rotatable bonds is 4. The summed E-state index contributed by atoms with van der Waals surface area (Å²) in [7, 11) is 0. The average molecular weight is 275 g/mol. The molecule has 1 saturated carbocycles. The summed E-state index contributed by atoms with van der Waals surface area (Å²) < 4.78 is 13.2. The van der Waals surface area contributed by atoms with Crippen LogP contribution in [0.1, 0.15) is 42.1 Å². The number of amides is 1. The van der Waals surface area contributed by atoms with Gasteiger partial charge in [-0.3, -0.25) is 4.79 Å². The van der Waals surface area contributed by atoms with Crippen molar-refractivity contribution in [2.24, 2.45) is 5.41 Å². The van der Waals surface area contributed by atoms with Crippen LogP contribution in [-0.2, 0) is 0 Å². The Bertz CT molecular complexity index is 568. The maximum absolute atomic E-state index is 13.2. The molecule has 4 heteroatoms. The second-order valence-corrected chi connectivity index (χ2v) is 5.19. The van der Waals surface area contributed by atoms with E-state index in [-0.39, 0.29) is 17.9 Å². The Morgan fingerprint density at radius 3 is 2.85 bits per heavy atom. The molecule has 0 aromatic heterocycles. The second kappa shape index (κ2) is 6.06. The fourth-order valence-corrected chi connectivity index (χ4v) is 2.15. The fourth-order valence-electron chi connectivity index (χ4n) is 2.15. The van der Waals surface area contributed by atoms with Gasteiger partial charge in [0.25, 0.3) is 5.91 Å². The Labute approximate surface area is 118 Å². The predicted octanol–water partition coefficient (Wildman–Crippen LogP) is 2.09. The highest BCUT2D eigenvalue weighted by Crippen LogP contribution is 2.47. The zero-order chi connectivity index (χ0) is 14.6. The Balaban J connectivity index is 2.12. The summed E-state index contributed by atoms with van der Waals surface area (Å²) >= 11 is 0. The van der Waals surface area contributed by atoms with Gasteiger partial charge in [0.05, 0.1) is 5.56 Å². The van der Waals surface area contributed by atoms with Gasteiger partial charge in [-0.2, -0.15) is 0 Å². The number of hydrogen-bond acceptors (Lipinski definition) is 2. The number of carbonyl (C=O) groups excluding carboxylic acids is 1. The first-order chi connectivity index (χ1) is 9.60. The molecule has 20 heavy (non-hydrogen) atoms. The molecule has 1 aromatic carbocycles. The van der Waals surface area contributed by atoms with E-state index in [0.29, 0.717) is 17.7 Å². The molecule has 1 aliphatic carbocycles. The molecule has 1 aliphatic rings. The van der Waals surface area contributed by atoms with Gasteiger partial charge in [-0.1, -0.05) is 18.8 Å². The van der Waals surface area contributed by atoms with E-state index in [2.05, 4.69) is 24.1 Å². The zero-order valence-electron chi connectivity index (χ0n) is 11.5. The first-order valence-corrected chi connectivity index (χ1v) is 6.78. The summed E-state index contributed by atoms with van der Waals surface area (Å²) in [6.07, 6.45) is 3.34. The number of aliphatic hydroxyl groups is 1. The van der Waals surface area contributed by atoms with Crippen LogP contribution in [0, 0.1) is 23.1 Å². The van der Waals surface area contributed by atoms with Gasteiger partial charge in [-0.15, -0.1) is 0 Å². The lowest BCUT2D eigenvalue weighted by Gasteiger charge is -2.14. The second-order valence-electron chi connectivity index (χ2n) is 5.19. The van der Waals surface area contributed by atoms with Gasteiger partial charge >= 0.3 is 0 Å². The third-order valence-electron chi connectivity index (χ3n) is 3.86. The highest BCUT2D eigenvalue weighted by atomic mass is 19.1. The van der Waals surface area contributed by atoms with Crippen molar-refractivity contribution >= 4 is 5.91 Å². The van der Waals surface area contributed by atoms with E-state index in [1.165, 1.54) is 18.2 Å². The minimum Gasteiger partial charge on any atom is -0.384 e. The maximum Gasteiger partial charge on any atom is 0.252 e. The van der Waals surface area contributed by atoms with Gasteiger partial charge < -0.3 is 10.4 Å². The largest absolute Gasteiger partial charge is 0.384 e. The maximum atomic E-state index is 13.2. The number of nitrogens with one attached hydrogen (secondary N) is 1. The van der Waals surface area contributed by atoms with Crippen molar-refractivity contribution in [3.05, 3.63) is 35.1 Å². The number of halogens is 1. The predicted molar refractivity (Wildman–Crippen MR) is 74.7 cm³/mol. The summed E-state index contributed by atoms with van der Waals surface area (Å²) in [4.78, 5) is 12.2. The van der Waals surface area contributed by atoms with Gasteiger partial charge in [0.2, 0.25) is 0 Å². The van der Waals surface area contributed by atoms with Crippen LogP contribution >= 0.6 is 0 Å². The van der Waals surface area contributed by atoms with E-state index in [1.54, 1.807) is 0 Å². The van der Waals surface area contributed by atoms with Crippen LogP contribution in [0.15, 0.2) is 18.2 Å². The standard InChI is InChI=1S/C16H18FNO2/c1-2-16(7-8-16)11-18-15(20)14-6-5-13(17)10-12(14)4-3-9-19/h5-6,10,19H,2,7-9,11H2,1H3,(H,18,20). The SMILES string of the molecule is CCC1(CNC(=O)c2ccc(F)cc2C#CCO)CC1. The van der Waals surface area contributed by atoms with Crippen LogP contribution < -0.4 is 5.32 Å². The molecule has 0 heterocycles. The molecule has 0 atom stereocenters. The van der Waals surface area contributed by atoms with Crippen LogP contribution in [0.5, 0.6) is 0 Å². The molecule has 2 rings (SSSR count). The highest BCUT2D eigenvalue weighted by Gasteiger charge is 2.40. The molecule has 1 aromatic rings. The molecule has 0 bridgehead atoms. The summed E-state index contributed by atoms with van der Waals surface area (Å²) in [5.74, 6) is 4.36. The van der Waals surface area contributed by atoms with Crippen LogP contribution in [0.2, 0.25) is 0 Å². The normalized spacial score (nSPS) is 15.2. The minimum atomic E-state index is -0.448. The molecule has 1 amide bonds. The molecular formula is C16H18FNO2. The third-order valence-corrected chi connectivity index (χ3v) is 3.86. The summed E-state index contributed by atoms with van der Waals surface area (Å²) in [5.41, 5.74) is 0.907. The van der Waals surface area contributed by atoms with E-state index in [9.17, 15) is 9.18 Å². The lowest BCUT2D eigenvalue weighted by molar-refractivity contribution is 0.0944.